The van der Waals surface area contributed by atoms with E-state index in [2.05, 4.69) is 0 Å². The van der Waals surface area contributed by atoms with Crippen LogP contribution < -0.4 is 4.90 Å². The minimum Gasteiger partial charge on any atom is -0.347 e. The monoisotopic (exact) mass is 366 g/mol. The number of halogens is 1. The lowest BCUT2D eigenvalue weighted by atomic mass is 10.0. The topological polar surface area (TPSA) is 59.1 Å². The van der Waals surface area contributed by atoms with Crippen molar-refractivity contribution in [2.75, 3.05) is 37.7 Å². The molecule has 2 heterocycles. The number of hydrogen-bond acceptors (Lipinski definition) is 4. The summed E-state index contributed by atoms with van der Waals surface area (Å²) in [6.07, 6.45) is 1.65. The molecule has 2 fully saturated rings. The van der Waals surface area contributed by atoms with Crippen molar-refractivity contribution in [2.45, 2.75) is 32.0 Å². The maximum absolute atomic E-state index is 12.5. The third-order valence-electron chi connectivity index (χ3n) is 4.76. The summed E-state index contributed by atoms with van der Waals surface area (Å²) in [5.41, 5.74) is 0.634. The van der Waals surface area contributed by atoms with Crippen molar-refractivity contribution in [1.29, 1.82) is 0 Å². The van der Waals surface area contributed by atoms with E-state index >= 15 is 0 Å². The van der Waals surface area contributed by atoms with Crippen molar-refractivity contribution in [3.05, 3.63) is 29.3 Å². The number of hydrogen-bond donors (Lipinski definition) is 0. The summed E-state index contributed by atoms with van der Waals surface area (Å²) < 4.78 is 11.4. The molecule has 25 heavy (non-hydrogen) atoms. The summed E-state index contributed by atoms with van der Waals surface area (Å²) >= 11 is 6.18. The molecule has 6 nitrogen and oxygen atoms in total. The Kier molecular flexibility index (Phi) is 5.61. The molecule has 2 aliphatic rings. The molecule has 0 saturated carbocycles. The van der Waals surface area contributed by atoms with Gasteiger partial charge in [0.15, 0.2) is 5.79 Å². The molecule has 0 radical (unpaired) electrons. The van der Waals surface area contributed by atoms with Gasteiger partial charge in [0.25, 0.3) is 0 Å². The minimum atomic E-state index is -0.486. The quantitative estimate of drug-likeness (QED) is 0.821. The van der Waals surface area contributed by atoms with Crippen molar-refractivity contribution in [3.63, 3.8) is 0 Å². The maximum Gasteiger partial charge on any atom is 0.224 e. The summed E-state index contributed by atoms with van der Waals surface area (Å²) in [6, 6.07) is 7.16. The molecule has 1 aromatic rings. The third-order valence-corrected chi connectivity index (χ3v) is 5.08. The Morgan fingerprint density at radius 2 is 1.84 bits per heavy atom. The van der Waals surface area contributed by atoms with Crippen LogP contribution in [-0.4, -0.2) is 55.3 Å². The van der Waals surface area contributed by atoms with Gasteiger partial charge in [-0.25, -0.2) is 0 Å². The van der Waals surface area contributed by atoms with Gasteiger partial charge in [0.1, 0.15) is 0 Å². The van der Waals surface area contributed by atoms with Crippen molar-refractivity contribution in [2.24, 2.45) is 0 Å². The normalized spacial score (nSPS) is 19.2. The highest BCUT2D eigenvalue weighted by atomic mass is 35.5. The van der Waals surface area contributed by atoms with Gasteiger partial charge in [-0.15, -0.1) is 0 Å². The van der Waals surface area contributed by atoms with Crippen LogP contribution >= 0.6 is 11.6 Å². The molecule has 0 aromatic heterocycles. The Morgan fingerprint density at radius 1 is 1.20 bits per heavy atom. The molecule has 1 spiro atoms. The summed E-state index contributed by atoms with van der Waals surface area (Å²) in [7, 11) is 0. The average molecular weight is 367 g/mol. The van der Waals surface area contributed by atoms with Gasteiger partial charge in [-0.3, -0.25) is 9.59 Å². The van der Waals surface area contributed by atoms with Crippen molar-refractivity contribution < 1.29 is 19.1 Å². The Labute approximate surface area is 152 Å². The number of likely N-dealkylation sites (tertiary alicyclic amines) is 1. The summed E-state index contributed by atoms with van der Waals surface area (Å²) in [4.78, 5) is 27.9. The van der Waals surface area contributed by atoms with Gasteiger partial charge < -0.3 is 19.3 Å². The number of benzene rings is 1. The zero-order valence-corrected chi connectivity index (χ0v) is 15.1. The van der Waals surface area contributed by atoms with E-state index in [1.54, 1.807) is 17.0 Å². The van der Waals surface area contributed by atoms with Gasteiger partial charge in [-0.2, -0.15) is 0 Å². The number of ether oxygens (including phenoxy) is 2. The van der Waals surface area contributed by atoms with Crippen LogP contribution in [-0.2, 0) is 19.1 Å². The van der Waals surface area contributed by atoms with Gasteiger partial charge in [0.05, 0.1) is 23.9 Å². The van der Waals surface area contributed by atoms with Crippen LogP contribution in [0.15, 0.2) is 24.3 Å². The molecule has 0 bridgehead atoms. The fourth-order valence-corrected chi connectivity index (χ4v) is 3.60. The van der Waals surface area contributed by atoms with Crippen molar-refractivity contribution >= 4 is 29.1 Å². The highest BCUT2D eigenvalue weighted by molar-refractivity contribution is 6.33. The molecule has 3 rings (SSSR count). The van der Waals surface area contributed by atoms with Gasteiger partial charge in [0.2, 0.25) is 11.8 Å². The average Bonchev–Trinajstić information content (AvgIpc) is 3.05. The van der Waals surface area contributed by atoms with Crippen molar-refractivity contribution in [3.8, 4) is 0 Å². The zero-order chi connectivity index (χ0) is 17.9. The Hall–Kier alpha value is -1.63. The largest absolute Gasteiger partial charge is 0.347 e. The molecular weight excluding hydrogens is 344 g/mol. The summed E-state index contributed by atoms with van der Waals surface area (Å²) in [5, 5.41) is 0.501. The lowest BCUT2D eigenvalue weighted by molar-refractivity contribution is -0.187. The van der Waals surface area contributed by atoms with Crippen LogP contribution in [0.1, 0.15) is 26.2 Å². The Balaban J connectivity index is 1.56. The second-order valence-corrected chi connectivity index (χ2v) is 6.77. The van der Waals surface area contributed by atoms with E-state index in [4.69, 9.17) is 21.1 Å². The van der Waals surface area contributed by atoms with Crippen LogP contribution in [0.3, 0.4) is 0 Å². The van der Waals surface area contributed by atoms with Gasteiger partial charge >= 0.3 is 0 Å². The number of carbonyl (C=O) groups is 2. The fourth-order valence-electron chi connectivity index (χ4n) is 3.37. The highest BCUT2D eigenvalue weighted by Crippen LogP contribution is 2.31. The predicted octanol–water partition coefficient (Wildman–Crippen LogP) is 2.45. The Bertz CT molecular complexity index is 636. The number of nitrogens with zero attached hydrogens (tertiary/aromatic N) is 2. The van der Waals surface area contributed by atoms with E-state index in [9.17, 15) is 9.59 Å². The SMILES string of the molecule is CC(=O)N(CCC(=O)N1CCC2(CC1)OCCO2)c1ccccc1Cl. The smallest absolute Gasteiger partial charge is 0.224 e. The van der Waals surface area contributed by atoms with Gasteiger partial charge in [0, 0.05) is 45.8 Å². The van der Waals surface area contributed by atoms with Crippen LogP contribution in [0.4, 0.5) is 5.69 Å². The molecule has 2 saturated heterocycles. The highest BCUT2D eigenvalue weighted by Gasteiger charge is 2.40. The van der Waals surface area contributed by atoms with Crippen LogP contribution in [0.2, 0.25) is 5.02 Å². The molecule has 0 unspecified atom stereocenters. The molecular formula is C18H23ClN2O4. The van der Waals surface area contributed by atoms with E-state index in [0.29, 0.717) is 56.4 Å². The van der Waals surface area contributed by atoms with Gasteiger partial charge in [-0.1, -0.05) is 23.7 Å². The molecule has 7 heteroatoms. The third kappa shape index (κ3) is 4.14. The number of amides is 2. The molecule has 2 aliphatic heterocycles. The van der Waals surface area contributed by atoms with E-state index in [-0.39, 0.29) is 18.2 Å². The first-order chi connectivity index (χ1) is 12.0. The summed E-state index contributed by atoms with van der Waals surface area (Å²) in [5.74, 6) is -0.586. The van der Waals surface area contributed by atoms with Crippen LogP contribution in [0.25, 0.3) is 0 Å². The molecule has 1 aromatic carbocycles. The second-order valence-electron chi connectivity index (χ2n) is 6.36. The lowest BCUT2D eigenvalue weighted by Crippen LogP contribution is -2.48. The van der Waals surface area contributed by atoms with E-state index < -0.39 is 5.79 Å². The first-order valence-electron chi connectivity index (χ1n) is 8.59. The van der Waals surface area contributed by atoms with E-state index in [0.717, 1.165) is 0 Å². The molecule has 136 valence electrons. The van der Waals surface area contributed by atoms with E-state index in [1.165, 1.54) is 6.92 Å². The number of rotatable bonds is 4. The van der Waals surface area contributed by atoms with E-state index in [1.807, 2.05) is 17.0 Å². The fraction of sp³-hybridized carbons (Fsp3) is 0.556. The second kappa shape index (κ2) is 7.72. The number of carbonyl (C=O) groups excluding carboxylic acids is 2. The Morgan fingerprint density at radius 3 is 2.44 bits per heavy atom. The van der Waals surface area contributed by atoms with Crippen molar-refractivity contribution in [1.82, 2.24) is 4.90 Å². The standard InChI is InChI=1S/C18H23ClN2O4/c1-14(22)21(16-5-3-2-4-15(16)19)9-6-17(23)20-10-7-18(8-11-20)24-12-13-25-18/h2-5H,6-13H2,1H3. The first-order valence-corrected chi connectivity index (χ1v) is 8.97. The number of piperidine rings is 1. The van der Waals surface area contributed by atoms with Crippen LogP contribution in [0, 0.1) is 0 Å². The van der Waals surface area contributed by atoms with Crippen LogP contribution in [0.5, 0.6) is 0 Å². The maximum atomic E-state index is 12.5. The summed E-state index contributed by atoms with van der Waals surface area (Å²) in [6.45, 7) is 4.27. The molecule has 0 atom stereocenters. The molecule has 0 aliphatic carbocycles. The predicted molar refractivity (Wildman–Crippen MR) is 94.5 cm³/mol. The molecule has 0 N–H and O–H groups in total. The molecule has 2 amide bonds. The zero-order valence-electron chi connectivity index (χ0n) is 14.4. The first kappa shape index (κ1) is 18.2. The van der Waals surface area contributed by atoms with Gasteiger partial charge in [-0.05, 0) is 12.1 Å². The number of anilines is 1. The lowest BCUT2D eigenvalue weighted by Gasteiger charge is -2.37. The number of para-hydroxylation sites is 1. The minimum absolute atomic E-state index is 0.0335.